The third-order valence-electron chi connectivity index (χ3n) is 4.77. The summed E-state index contributed by atoms with van der Waals surface area (Å²) in [6, 6.07) is 5.83. The van der Waals surface area contributed by atoms with Gasteiger partial charge in [-0.25, -0.2) is 15.0 Å². The summed E-state index contributed by atoms with van der Waals surface area (Å²) in [6.45, 7) is 7.07. The molecule has 1 amide bonds. The normalized spacial score (nSPS) is 12.0. The quantitative estimate of drug-likeness (QED) is 0.451. The highest BCUT2D eigenvalue weighted by molar-refractivity contribution is 6.31. The lowest BCUT2D eigenvalue weighted by molar-refractivity contribution is -0.122. The van der Waals surface area contributed by atoms with Gasteiger partial charge in [0.1, 0.15) is 11.8 Å². The van der Waals surface area contributed by atoms with E-state index in [1.54, 1.807) is 6.33 Å². The number of nitrogens with two attached hydrogens (primary N) is 1. The molecule has 30 heavy (non-hydrogen) atoms. The van der Waals surface area contributed by atoms with Crippen LogP contribution in [0.1, 0.15) is 38.4 Å². The van der Waals surface area contributed by atoms with E-state index in [1.165, 1.54) is 6.33 Å². The van der Waals surface area contributed by atoms with Crippen molar-refractivity contribution in [2.24, 2.45) is 5.41 Å². The van der Waals surface area contributed by atoms with E-state index in [-0.39, 0.29) is 11.3 Å². The second-order valence-electron chi connectivity index (χ2n) is 8.64. The van der Waals surface area contributed by atoms with Crippen LogP contribution in [0.25, 0.3) is 22.1 Å². The number of benzene rings is 1. The number of amides is 1. The molecule has 0 atom stereocenters. The molecule has 3 aromatic heterocycles. The van der Waals surface area contributed by atoms with Crippen molar-refractivity contribution in [3.63, 3.8) is 0 Å². The molecule has 0 fully saturated rings. The van der Waals surface area contributed by atoms with E-state index in [9.17, 15) is 4.79 Å². The zero-order valence-electron chi connectivity index (χ0n) is 17.2. The van der Waals surface area contributed by atoms with Gasteiger partial charge in [-0.3, -0.25) is 4.79 Å². The molecule has 0 aliphatic carbocycles. The Morgan fingerprint density at radius 2 is 2.03 bits per heavy atom. The maximum absolute atomic E-state index is 12.2. The summed E-state index contributed by atoms with van der Waals surface area (Å²) in [5, 5.41) is 4.60. The van der Waals surface area contributed by atoms with Crippen molar-refractivity contribution in [2.45, 2.75) is 40.3 Å². The van der Waals surface area contributed by atoms with Crippen molar-refractivity contribution < 1.29 is 4.79 Å². The number of anilines is 1. The second-order valence-corrected chi connectivity index (χ2v) is 9.08. The fraction of sp³-hybridized carbons (Fsp3) is 0.333. The number of nitrogens with one attached hydrogen (secondary N) is 2. The van der Waals surface area contributed by atoms with Crippen molar-refractivity contribution in [2.75, 3.05) is 5.73 Å². The van der Waals surface area contributed by atoms with Gasteiger partial charge in [-0.05, 0) is 29.2 Å². The van der Waals surface area contributed by atoms with E-state index in [1.807, 2.05) is 43.5 Å². The molecule has 0 radical (unpaired) electrons. The fourth-order valence-electron chi connectivity index (χ4n) is 3.49. The minimum absolute atomic E-state index is 0.0292. The minimum atomic E-state index is -0.0499. The van der Waals surface area contributed by atoms with Crippen LogP contribution in [0.2, 0.25) is 5.02 Å². The van der Waals surface area contributed by atoms with Gasteiger partial charge in [-0.1, -0.05) is 32.4 Å². The first kappa shape index (κ1) is 20.2. The Kier molecular flexibility index (Phi) is 5.11. The molecule has 9 heteroatoms. The Balaban J connectivity index is 1.61. The van der Waals surface area contributed by atoms with Gasteiger partial charge in [0.2, 0.25) is 5.91 Å². The Labute approximate surface area is 178 Å². The van der Waals surface area contributed by atoms with Gasteiger partial charge in [0.15, 0.2) is 11.5 Å². The van der Waals surface area contributed by atoms with Gasteiger partial charge in [-0.15, -0.1) is 0 Å². The lowest BCUT2D eigenvalue weighted by atomic mass is 9.92. The molecular weight excluding hydrogens is 402 g/mol. The predicted molar refractivity (Wildman–Crippen MR) is 118 cm³/mol. The zero-order chi connectivity index (χ0) is 21.5. The Bertz CT molecular complexity index is 1240. The standard InChI is InChI=1S/C21H24ClN7O/c1-21(2,3)7-16(30)24-8-15-6-12-4-14(22)5-13(17(12)28-15)9-29-11-27-18-19(23)25-10-26-20(18)29/h4-6,10-11,28H,7-9H2,1-3H3,(H,24,30)(H2,23,25,26). The van der Waals surface area contributed by atoms with E-state index in [0.717, 1.165) is 22.2 Å². The summed E-state index contributed by atoms with van der Waals surface area (Å²) in [5.74, 6) is 0.379. The average molecular weight is 426 g/mol. The number of imidazole rings is 1. The van der Waals surface area contributed by atoms with Crippen LogP contribution in [0.15, 0.2) is 30.9 Å². The van der Waals surface area contributed by atoms with Crippen LogP contribution in [-0.2, 0) is 17.9 Å². The van der Waals surface area contributed by atoms with Gasteiger partial charge in [0.05, 0.1) is 24.9 Å². The third-order valence-corrected chi connectivity index (χ3v) is 4.99. The first-order valence-electron chi connectivity index (χ1n) is 9.68. The first-order valence-corrected chi connectivity index (χ1v) is 10.1. The Morgan fingerprint density at radius 1 is 1.23 bits per heavy atom. The minimum Gasteiger partial charge on any atom is -0.382 e. The zero-order valence-corrected chi connectivity index (χ0v) is 17.9. The molecule has 0 aliphatic rings. The summed E-state index contributed by atoms with van der Waals surface area (Å²) in [7, 11) is 0. The second kappa shape index (κ2) is 7.60. The van der Waals surface area contributed by atoms with Crippen LogP contribution in [0.3, 0.4) is 0 Å². The summed E-state index contributed by atoms with van der Waals surface area (Å²) in [5.41, 5.74) is 9.94. The van der Waals surface area contributed by atoms with Crippen molar-refractivity contribution in [3.05, 3.63) is 47.1 Å². The molecular formula is C21H24ClN7O. The number of hydrogen-bond donors (Lipinski definition) is 3. The molecule has 0 bridgehead atoms. The van der Waals surface area contributed by atoms with E-state index in [0.29, 0.717) is 41.5 Å². The van der Waals surface area contributed by atoms with Gasteiger partial charge in [0.25, 0.3) is 0 Å². The van der Waals surface area contributed by atoms with Gasteiger partial charge >= 0.3 is 0 Å². The molecule has 4 rings (SSSR count). The largest absolute Gasteiger partial charge is 0.382 e. The first-order chi connectivity index (χ1) is 14.2. The van der Waals surface area contributed by atoms with Crippen molar-refractivity contribution in [1.29, 1.82) is 0 Å². The number of rotatable bonds is 5. The molecule has 0 unspecified atom stereocenters. The van der Waals surface area contributed by atoms with Crippen LogP contribution in [0.4, 0.5) is 5.82 Å². The number of aromatic nitrogens is 5. The maximum Gasteiger partial charge on any atom is 0.220 e. The molecule has 4 N–H and O–H groups in total. The highest BCUT2D eigenvalue weighted by Gasteiger charge is 2.16. The third kappa shape index (κ3) is 4.23. The molecule has 0 spiro atoms. The molecule has 1 aromatic carbocycles. The molecule has 3 heterocycles. The van der Waals surface area contributed by atoms with Crippen LogP contribution in [0, 0.1) is 5.41 Å². The lowest BCUT2D eigenvalue weighted by Gasteiger charge is -2.17. The summed E-state index contributed by atoms with van der Waals surface area (Å²) in [4.78, 5) is 28.2. The molecule has 0 saturated carbocycles. The Morgan fingerprint density at radius 3 is 2.80 bits per heavy atom. The van der Waals surface area contributed by atoms with E-state index in [2.05, 4.69) is 25.3 Å². The summed E-state index contributed by atoms with van der Waals surface area (Å²) < 4.78 is 1.91. The summed E-state index contributed by atoms with van der Waals surface area (Å²) >= 11 is 6.36. The van der Waals surface area contributed by atoms with Gasteiger partial charge in [0, 0.05) is 22.5 Å². The number of hydrogen-bond acceptors (Lipinski definition) is 5. The highest BCUT2D eigenvalue weighted by atomic mass is 35.5. The number of carbonyl (C=O) groups is 1. The van der Waals surface area contributed by atoms with E-state index < -0.39 is 0 Å². The fourth-order valence-corrected chi connectivity index (χ4v) is 3.74. The van der Waals surface area contributed by atoms with Crippen LogP contribution in [-0.4, -0.2) is 30.4 Å². The van der Waals surface area contributed by atoms with Gasteiger partial charge < -0.3 is 20.6 Å². The molecule has 156 valence electrons. The van der Waals surface area contributed by atoms with Crippen LogP contribution < -0.4 is 11.1 Å². The topological polar surface area (TPSA) is 115 Å². The predicted octanol–water partition coefficient (Wildman–Crippen LogP) is 3.64. The highest BCUT2D eigenvalue weighted by Crippen LogP contribution is 2.27. The van der Waals surface area contributed by atoms with Crippen LogP contribution >= 0.6 is 11.6 Å². The van der Waals surface area contributed by atoms with Crippen molar-refractivity contribution in [3.8, 4) is 0 Å². The average Bonchev–Trinajstić information content (AvgIpc) is 3.23. The van der Waals surface area contributed by atoms with Gasteiger partial charge in [-0.2, -0.15) is 0 Å². The smallest absolute Gasteiger partial charge is 0.220 e. The number of halogens is 1. The summed E-state index contributed by atoms with van der Waals surface area (Å²) in [6.07, 6.45) is 3.60. The van der Waals surface area contributed by atoms with Crippen molar-refractivity contribution >= 4 is 45.4 Å². The van der Waals surface area contributed by atoms with Crippen LogP contribution in [0.5, 0.6) is 0 Å². The number of carbonyl (C=O) groups excluding carboxylic acids is 1. The lowest BCUT2D eigenvalue weighted by Crippen LogP contribution is -2.27. The number of fused-ring (bicyclic) bond motifs is 2. The van der Waals surface area contributed by atoms with E-state index >= 15 is 0 Å². The number of H-pyrrole nitrogens is 1. The number of aromatic amines is 1. The molecule has 4 aromatic rings. The van der Waals surface area contributed by atoms with E-state index in [4.69, 9.17) is 17.3 Å². The number of nitrogens with zero attached hydrogens (tertiary/aromatic N) is 4. The number of nitrogen functional groups attached to an aromatic ring is 1. The maximum atomic E-state index is 12.2. The molecule has 0 saturated heterocycles. The molecule has 8 nitrogen and oxygen atoms in total. The van der Waals surface area contributed by atoms with Crippen molar-refractivity contribution in [1.82, 2.24) is 29.8 Å². The molecule has 0 aliphatic heterocycles. The Hall–Kier alpha value is -3.13. The SMILES string of the molecule is CC(C)(C)CC(=O)NCc1cc2cc(Cl)cc(Cn3cnc4c(N)ncnc43)c2[nH]1. The monoisotopic (exact) mass is 425 g/mol.